The van der Waals surface area contributed by atoms with E-state index in [9.17, 15) is 13.2 Å². The van der Waals surface area contributed by atoms with Gasteiger partial charge in [-0.3, -0.25) is 4.79 Å². The first kappa shape index (κ1) is 19.6. The third-order valence-electron chi connectivity index (χ3n) is 4.89. The molecule has 0 aliphatic carbocycles. The SMILES string of the molecule is CCC[C@@H](C)NS(=O)(=O)c1ccc2c(c1)C[C@H](C)N2C(=O)c1ccccc1. The van der Waals surface area contributed by atoms with Crippen molar-refractivity contribution in [3.63, 3.8) is 0 Å². The molecule has 144 valence electrons. The molecule has 0 saturated heterocycles. The molecular weight excluding hydrogens is 360 g/mol. The Morgan fingerprint density at radius 2 is 1.93 bits per heavy atom. The van der Waals surface area contributed by atoms with E-state index in [1.807, 2.05) is 39.0 Å². The van der Waals surface area contributed by atoms with Crippen LogP contribution in [0.1, 0.15) is 49.5 Å². The van der Waals surface area contributed by atoms with E-state index in [0.717, 1.165) is 24.1 Å². The van der Waals surface area contributed by atoms with E-state index in [0.29, 0.717) is 12.0 Å². The zero-order valence-electron chi connectivity index (χ0n) is 16.0. The minimum Gasteiger partial charge on any atom is -0.305 e. The average molecular weight is 387 g/mol. The molecule has 0 saturated carbocycles. The summed E-state index contributed by atoms with van der Waals surface area (Å²) in [6, 6.07) is 14.1. The summed E-state index contributed by atoms with van der Waals surface area (Å²) in [4.78, 5) is 14.9. The Balaban J connectivity index is 1.89. The number of nitrogens with zero attached hydrogens (tertiary/aromatic N) is 1. The molecule has 6 heteroatoms. The molecule has 3 rings (SSSR count). The number of sulfonamides is 1. The van der Waals surface area contributed by atoms with Gasteiger partial charge in [-0.1, -0.05) is 31.5 Å². The lowest BCUT2D eigenvalue weighted by Crippen LogP contribution is -2.35. The standard InChI is InChI=1S/C21H26N2O3S/c1-4-8-15(2)22-27(25,26)19-11-12-20-18(14-19)13-16(3)23(20)21(24)17-9-6-5-7-10-17/h5-7,9-12,14-16,22H,4,8,13H2,1-3H3/t15-,16+/m1/s1. The van der Waals surface area contributed by atoms with Gasteiger partial charge in [-0.05, 0) is 62.6 Å². The average Bonchev–Trinajstić information content (AvgIpc) is 2.96. The van der Waals surface area contributed by atoms with Crippen LogP contribution in [0.3, 0.4) is 0 Å². The highest BCUT2D eigenvalue weighted by molar-refractivity contribution is 7.89. The summed E-state index contributed by atoms with van der Waals surface area (Å²) in [6.45, 7) is 5.88. The molecule has 2 aromatic carbocycles. The Hall–Kier alpha value is -2.18. The summed E-state index contributed by atoms with van der Waals surface area (Å²) in [5.74, 6) is -0.0628. The van der Waals surface area contributed by atoms with Crippen molar-refractivity contribution in [2.45, 2.75) is 57.0 Å². The molecule has 0 radical (unpaired) electrons. The number of carbonyl (C=O) groups is 1. The number of carbonyl (C=O) groups excluding carboxylic acids is 1. The summed E-state index contributed by atoms with van der Waals surface area (Å²) in [7, 11) is -3.56. The zero-order valence-corrected chi connectivity index (χ0v) is 16.8. The van der Waals surface area contributed by atoms with Gasteiger partial charge in [-0.25, -0.2) is 13.1 Å². The normalized spacial score (nSPS) is 17.6. The third-order valence-corrected chi connectivity index (χ3v) is 6.48. The van der Waals surface area contributed by atoms with Crippen molar-refractivity contribution in [3.8, 4) is 0 Å². The molecule has 0 spiro atoms. The summed E-state index contributed by atoms with van der Waals surface area (Å²) in [5.41, 5.74) is 2.30. The van der Waals surface area contributed by atoms with Crippen LogP contribution in [0.2, 0.25) is 0 Å². The van der Waals surface area contributed by atoms with Crippen LogP contribution in [0, 0.1) is 0 Å². The zero-order chi connectivity index (χ0) is 19.6. The van der Waals surface area contributed by atoms with Crippen LogP contribution in [0.15, 0.2) is 53.4 Å². The first-order valence-corrected chi connectivity index (χ1v) is 10.9. The highest BCUT2D eigenvalue weighted by atomic mass is 32.2. The van der Waals surface area contributed by atoms with Crippen molar-refractivity contribution in [1.29, 1.82) is 0 Å². The first-order chi connectivity index (χ1) is 12.8. The van der Waals surface area contributed by atoms with Crippen molar-refractivity contribution in [1.82, 2.24) is 4.72 Å². The second kappa shape index (κ2) is 7.82. The second-order valence-corrected chi connectivity index (χ2v) is 8.91. The van der Waals surface area contributed by atoms with Crippen molar-refractivity contribution >= 4 is 21.6 Å². The summed E-state index contributed by atoms with van der Waals surface area (Å²) < 4.78 is 28.0. The Morgan fingerprint density at radius 3 is 2.59 bits per heavy atom. The lowest BCUT2D eigenvalue weighted by atomic mass is 10.1. The number of rotatable bonds is 6. The number of anilines is 1. The Labute approximate surface area is 161 Å². The van der Waals surface area contributed by atoms with Gasteiger partial charge >= 0.3 is 0 Å². The Kier molecular flexibility index (Phi) is 5.67. The number of benzene rings is 2. The van der Waals surface area contributed by atoms with Gasteiger partial charge in [0.25, 0.3) is 5.91 Å². The largest absolute Gasteiger partial charge is 0.305 e. The van der Waals surface area contributed by atoms with Crippen LogP contribution >= 0.6 is 0 Å². The van der Waals surface area contributed by atoms with Gasteiger partial charge in [-0.2, -0.15) is 0 Å². The molecule has 5 nitrogen and oxygen atoms in total. The van der Waals surface area contributed by atoms with E-state index in [-0.39, 0.29) is 22.9 Å². The van der Waals surface area contributed by atoms with Gasteiger partial charge < -0.3 is 4.90 Å². The highest BCUT2D eigenvalue weighted by Crippen LogP contribution is 2.35. The topological polar surface area (TPSA) is 66.5 Å². The lowest BCUT2D eigenvalue weighted by molar-refractivity contribution is 0.0981. The van der Waals surface area contributed by atoms with Crippen molar-refractivity contribution in [2.75, 3.05) is 4.90 Å². The number of hydrogen-bond donors (Lipinski definition) is 1. The van der Waals surface area contributed by atoms with Crippen molar-refractivity contribution in [3.05, 3.63) is 59.7 Å². The first-order valence-electron chi connectivity index (χ1n) is 9.37. The molecule has 0 fully saturated rings. The molecule has 1 aliphatic rings. The number of amides is 1. The molecule has 1 aliphatic heterocycles. The molecule has 2 aromatic rings. The summed E-state index contributed by atoms with van der Waals surface area (Å²) in [5, 5.41) is 0. The van der Waals surface area contributed by atoms with Gasteiger partial charge in [0.05, 0.1) is 4.90 Å². The van der Waals surface area contributed by atoms with Crippen molar-refractivity contribution in [2.24, 2.45) is 0 Å². The fourth-order valence-electron chi connectivity index (χ4n) is 3.63. The van der Waals surface area contributed by atoms with Crippen LogP contribution in [0.5, 0.6) is 0 Å². The number of nitrogens with one attached hydrogen (secondary N) is 1. The molecule has 2 atom stereocenters. The van der Waals surface area contributed by atoms with E-state index >= 15 is 0 Å². The quantitative estimate of drug-likeness (QED) is 0.822. The highest BCUT2D eigenvalue weighted by Gasteiger charge is 2.32. The minimum atomic E-state index is -3.56. The maximum atomic E-state index is 12.9. The van der Waals surface area contributed by atoms with E-state index in [1.54, 1.807) is 35.2 Å². The third kappa shape index (κ3) is 4.06. The van der Waals surface area contributed by atoms with Crippen LogP contribution in [-0.4, -0.2) is 26.4 Å². The van der Waals surface area contributed by atoms with Gasteiger partial charge in [0.15, 0.2) is 0 Å². The number of fused-ring (bicyclic) bond motifs is 1. The predicted molar refractivity (Wildman–Crippen MR) is 108 cm³/mol. The molecule has 0 unspecified atom stereocenters. The van der Waals surface area contributed by atoms with Crippen LogP contribution in [-0.2, 0) is 16.4 Å². The molecule has 1 heterocycles. The van der Waals surface area contributed by atoms with E-state index in [2.05, 4.69) is 4.72 Å². The minimum absolute atomic E-state index is 0.0161. The molecule has 0 aromatic heterocycles. The van der Waals surface area contributed by atoms with E-state index in [1.165, 1.54) is 0 Å². The predicted octanol–water partition coefficient (Wildman–Crippen LogP) is 3.74. The molecule has 1 amide bonds. The fourth-order valence-corrected chi connectivity index (χ4v) is 4.96. The van der Waals surface area contributed by atoms with Crippen molar-refractivity contribution < 1.29 is 13.2 Å². The van der Waals surface area contributed by atoms with Crippen LogP contribution < -0.4 is 9.62 Å². The lowest BCUT2D eigenvalue weighted by Gasteiger charge is -2.23. The van der Waals surface area contributed by atoms with Gasteiger partial charge in [0.1, 0.15) is 0 Å². The molecule has 27 heavy (non-hydrogen) atoms. The molecule has 1 N–H and O–H groups in total. The summed E-state index contributed by atoms with van der Waals surface area (Å²) in [6.07, 6.45) is 2.35. The molecule has 0 bridgehead atoms. The van der Waals surface area contributed by atoms with Crippen LogP contribution in [0.4, 0.5) is 5.69 Å². The van der Waals surface area contributed by atoms with Gasteiger partial charge in [-0.15, -0.1) is 0 Å². The Bertz CT molecular complexity index is 926. The maximum Gasteiger partial charge on any atom is 0.258 e. The monoisotopic (exact) mass is 386 g/mol. The van der Waals surface area contributed by atoms with Gasteiger partial charge in [0, 0.05) is 23.3 Å². The number of hydrogen-bond acceptors (Lipinski definition) is 3. The molecular formula is C21H26N2O3S. The Morgan fingerprint density at radius 1 is 1.22 bits per heavy atom. The fraction of sp³-hybridized carbons (Fsp3) is 0.381. The van der Waals surface area contributed by atoms with Gasteiger partial charge in [0.2, 0.25) is 10.0 Å². The summed E-state index contributed by atoms with van der Waals surface area (Å²) >= 11 is 0. The smallest absolute Gasteiger partial charge is 0.258 e. The maximum absolute atomic E-state index is 12.9. The van der Waals surface area contributed by atoms with E-state index < -0.39 is 10.0 Å². The van der Waals surface area contributed by atoms with E-state index in [4.69, 9.17) is 0 Å². The van der Waals surface area contributed by atoms with Crippen LogP contribution in [0.25, 0.3) is 0 Å². The second-order valence-electron chi connectivity index (χ2n) is 7.20.